The van der Waals surface area contributed by atoms with Crippen molar-refractivity contribution >= 4 is 6.03 Å². The first-order valence-electron chi connectivity index (χ1n) is 10.7. The van der Waals surface area contributed by atoms with Gasteiger partial charge in [0.1, 0.15) is 5.75 Å². The van der Waals surface area contributed by atoms with E-state index in [1.165, 1.54) is 12.8 Å². The summed E-state index contributed by atoms with van der Waals surface area (Å²) in [5.41, 5.74) is 1.06. The van der Waals surface area contributed by atoms with E-state index in [0.29, 0.717) is 25.1 Å². The number of nitrogens with zero attached hydrogens (tertiary/aromatic N) is 1. The lowest BCUT2D eigenvalue weighted by Gasteiger charge is -2.33. The topological polar surface area (TPSA) is 62.8 Å². The van der Waals surface area contributed by atoms with E-state index in [-0.39, 0.29) is 12.1 Å². The third kappa shape index (κ3) is 6.99. The molecule has 1 atom stereocenters. The first-order chi connectivity index (χ1) is 13.6. The molecule has 0 bridgehead atoms. The zero-order chi connectivity index (χ0) is 19.8. The SMILES string of the molecule is CC(C)CN1CCOC(CNC(=O)NCc2ccc(OC3CCCC3)cc2)C1. The molecule has 1 heterocycles. The van der Waals surface area contributed by atoms with Crippen molar-refractivity contribution in [3.05, 3.63) is 29.8 Å². The maximum atomic E-state index is 12.1. The van der Waals surface area contributed by atoms with Crippen molar-refractivity contribution in [3.8, 4) is 5.75 Å². The molecule has 1 aromatic rings. The Labute approximate surface area is 169 Å². The second kappa shape index (κ2) is 10.7. The van der Waals surface area contributed by atoms with Crippen LogP contribution >= 0.6 is 0 Å². The molecule has 0 radical (unpaired) electrons. The van der Waals surface area contributed by atoms with Crippen molar-refractivity contribution < 1.29 is 14.3 Å². The third-order valence-corrected chi connectivity index (χ3v) is 5.32. The van der Waals surface area contributed by atoms with Gasteiger partial charge in [0.25, 0.3) is 0 Å². The van der Waals surface area contributed by atoms with Gasteiger partial charge in [-0.15, -0.1) is 0 Å². The highest BCUT2D eigenvalue weighted by molar-refractivity contribution is 5.73. The van der Waals surface area contributed by atoms with Crippen LogP contribution in [0.5, 0.6) is 5.75 Å². The summed E-state index contributed by atoms with van der Waals surface area (Å²) in [6.07, 6.45) is 5.28. The molecule has 28 heavy (non-hydrogen) atoms. The number of rotatable bonds is 8. The van der Waals surface area contributed by atoms with E-state index in [1.54, 1.807) is 0 Å². The summed E-state index contributed by atoms with van der Waals surface area (Å²) in [4.78, 5) is 14.5. The van der Waals surface area contributed by atoms with E-state index in [1.807, 2.05) is 24.3 Å². The van der Waals surface area contributed by atoms with Crippen LogP contribution in [0.2, 0.25) is 0 Å². The molecule has 2 aliphatic rings. The van der Waals surface area contributed by atoms with Crippen LogP contribution in [0.25, 0.3) is 0 Å². The van der Waals surface area contributed by atoms with Crippen LogP contribution in [0.4, 0.5) is 4.79 Å². The molecule has 2 fully saturated rings. The standard InChI is InChI=1S/C22H35N3O3/c1-17(2)15-25-11-12-27-21(16-25)14-24-22(26)23-13-18-7-9-20(10-8-18)28-19-5-3-4-6-19/h7-10,17,19,21H,3-6,11-16H2,1-2H3,(H2,23,24,26). The number of amides is 2. The maximum Gasteiger partial charge on any atom is 0.315 e. The maximum absolute atomic E-state index is 12.1. The predicted molar refractivity (Wildman–Crippen MR) is 111 cm³/mol. The number of hydrogen-bond acceptors (Lipinski definition) is 4. The summed E-state index contributed by atoms with van der Waals surface area (Å²) in [7, 11) is 0. The molecule has 1 aliphatic heterocycles. The predicted octanol–water partition coefficient (Wildman–Crippen LogP) is 3.16. The normalized spacial score (nSPS) is 21.0. The average Bonchev–Trinajstić information content (AvgIpc) is 3.19. The lowest BCUT2D eigenvalue weighted by Crippen LogP contribution is -2.49. The van der Waals surface area contributed by atoms with Crippen molar-refractivity contribution in [3.63, 3.8) is 0 Å². The van der Waals surface area contributed by atoms with Crippen LogP contribution in [0.3, 0.4) is 0 Å². The molecule has 6 nitrogen and oxygen atoms in total. The molecule has 1 unspecified atom stereocenters. The van der Waals surface area contributed by atoms with Crippen molar-refractivity contribution in [2.75, 3.05) is 32.8 Å². The van der Waals surface area contributed by atoms with Crippen molar-refractivity contribution in [1.29, 1.82) is 0 Å². The second-order valence-electron chi connectivity index (χ2n) is 8.38. The molecule has 1 aliphatic carbocycles. The minimum atomic E-state index is -0.157. The molecule has 1 aromatic carbocycles. The quantitative estimate of drug-likeness (QED) is 0.717. The molecule has 1 saturated heterocycles. The van der Waals surface area contributed by atoms with Crippen LogP contribution in [0, 0.1) is 5.92 Å². The van der Waals surface area contributed by atoms with Gasteiger partial charge in [-0.2, -0.15) is 0 Å². The molecule has 3 rings (SSSR count). The number of nitrogens with one attached hydrogen (secondary N) is 2. The van der Waals surface area contributed by atoms with Gasteiger partial charge in [-0.05, 0) is 49.3 Å². The van der Waals surface area contributed by atoms with Crippen LogP contribution in [0.15, 0.2) is 24.3 Å². The van der Waals surface area contributed by atoms with E-state index in [0.717, 1.165) is 50.4 Å². The van der Waals surface area contributed by atoms with Crippen molar-refractivity contribution in [2.24, 2.45) is 5.92 Å². The molecule has 6 heteroatoms. The number of carbonyl (C=O) groups excluding carboxylic acids is 1. The number of hydrogen-bond donors (Lipinski definition) is 2. The van der Waals surface area contributed by atoms with Gasteiger partial charge in [0, 0.05) is 32.7 Å². The number of morpholine rings is 1. The van der Waals surface area contributed by atoms with E-state index >= 15 is 0 Å². The van der Waals surface area contributed by atoms with Crippen molar-refractivity contribution in [1.82, 2.24) is 15.5 Å². The van der Waals surface area contributed by atoms with Crippen LogP contribution in [-0.2, 0) is 11.3 Å². The summed E-state index contributed by atoms with van der Waals surface area (Å²) >= 11 is 0. The largest absolute Gasteiger partial charge is 0.490 e. The Morgan fingerprint density at radius 2 is 1.96 bits per heavy atom. The van der Waals surface area contributed by atoms with Gasteiger partial charge in [-0.3, -0.25) is 4.90 Å². The van der Waals surface area contributed by atoms with Gasteiger partial charge in [-0.1, -0.05) is 26.0 Å². The monoisotopic (exact) mass is 389 g/mol. The molecule has 2 N–H and O–H groups in total. The highest BCUT2D eigenvalue weighted by Gasteiger charge is 2.21. The molecule has 1 saturated carbocycles. The average molecular weight is 390 g/mol. The molecular weight excluding hydrogens is 354 g/mol. The summed E-state index contributed by atoms with van der Waals surface area (Å²) in [6, 6.07) is 7.85. The van der Waals surface area contributed by atoms with Crippen LogP contribution < -0.4 is 15.4 Å². The Balaban J connectivity index is 1.33. The smallest absolute Gasteiger partial charge is 0.315 e. The Morgan fingerprint density at radius 1 is 1.21 bits per heavy atom. The number of benzene rings is 1. The summed E-state index contributed by atoms with van der Waals surface area (Å²) in [5, 5.41) is 5.84. The Hall–Kier alpha value is -1.79. The first kappa shape index (κ1) is 20.9. The minimum absolute atomic E-state index is 0.0604. The lowest BCUT2D eigenvalue weighted by molar-refractivity contribution is -0.0290. The van der Waals surface area contributed by atoms with E-state index in [9.17, 15) is 4.79 Å². The van der Waals surface area contributed by atoms with Crippen LogP contribution in [-0.4, -0.2) is 55.9 Å². The second-order valence-corrected chi connectivity index (χ2v) is 8.38. The Bertz CT molecular complexity index is 600. The van der Waals surface area contributed by atoms with Gasteiger partial charge in [0.2, 0.25) is 0 Å². The number of urea groups is 1. The molecule has 0 aromatic heterocycles. The Morgan fingerprint density at radius 3 is 2.68 bits per heavy atom. The van der Waals surface area contributed by atoms with E-state index < -0.39 is 0 Å². The fourth-order valence-corrected chi connectivity index (χ4v) is 3.92. The van der Waals surface area contributed by atoms with Gasteiger partial charge < -0.3 is 20.1 Å². The van der Waals surface area contributed by atoms with Crippen molar-refractivity contribution in [2.45, 2.75) is 58.3 Å². The molecule has 0 spiro atoms. The van der Waals surface area contributed by atoms with E-state index in [2.05, 4.69) is 29.4 Å². The number of ether oxygens (including phenoxy) is 2. The van der Waals surface area contributed by atoms with Gasteiger partial charge >= 0.3 is 6.03 Å². The highest BCUT2D eigenvalue weighted by atomic mass is 16.5. The highest BCUT2D eigenvalue weighted by Crippen LogP contribution is 2.24. The zero-order valence-electron chi connectivity index (χ0n) is 17.3. The van der Waals surface area contributed by atoms with Gasteiger partial charge in [0.05, 0.1) is 18.8 Å². The Kier molecular flexibility index (Phi) is 7.98. The summed E-state index contributed by atoms with van der Waals surface area (Å²) in [5.74, 6) is 1.56. The summed E-state index contributed by atoms with van der Waals surface area (Å²) in [6.45, 7) is 9.15. The minimum Gasteiger partial charge on any atom is -0.490 e. The van der Waals surface area contributed by atoms with Gasteiger partial charge in [0.15, 0.2) is 0 Å². The van der Waals surface area contributed by atoms with Gasteiger partial charge in [-0.25, -0.2) is 4.79 Å². The zero-order valence-corrected chi connectivity index (χ0v) is 17.3. The fourth-order valence-electron chi connectivity index (χ4n) is 3.92. The lowest BCUT2D eigenvalue weighted by atomic mass is 10.2. The molecular formula is C22H35N3O3. The molecule has 156 valence electrons. The van der Waals surface area contributed by atoms with E-state index in [4.69, 9.17) is 9.47 Å². The fraction of sp³-hybridized carbons (Fsp3) is 0.682. The summed E-state index contributed by atoms with van der Waals surface area (Å²) < 4.78 is 11.7. The number of carbonyl (C=O) groups is 1. The third-order valence-electron chi connectivity index (χ3n) is 5.32. The first-order valence-corrected chi connectivity index (χ1v) is 10.7. The molecule has 2 amide bonds. The van der Waals surface area contributed by atoms with Crippen LogP contribution in [0.1, 0.15) is 45.1 Å².